The number of hydrogen-bond acceptors (Lipinski definition) is 8. The molecular weight excluding hydrogens is 732 g/mol. The van der Waals surface area contributed by atoms with E-state index in [1.807, 2.05) is 20.8 Å². The highest BCUT2D eigenvalue weighted by atomic mass is 35.5. The van der Waals surface area contributed by atoms with Crippen LogP contribution in [-0.2, 0) is 15.1 Å². The number of halogens is 7. The first kappa shape index (κ1) is 39.1. The summed E-state index contributed by atoms with van der Waals surface area (Å²) < 4.78 is 86.8. The number of amides is 2. The van der Waals surface area contributed by atoms with Gasteiger partial charge in [-0.1, -0.05) is 62.7 Å². The number of aliphatic imine (C=N–C) groups is 2. The first-order chi connectivity index (χ1) is 25.0. The van der Waals surface area contributed by atoms with E-state index in [1.54, 1.807) is 24.3 Å². The summed E-state index contributed by atoms with van der Waals surface area (Å²) in [5, 5.41) is 9.73. The summed E-state index contributed by atoms with van der Waals surface area (Å²) in [5.41, 5.74) is 5.44. The third-order valence-electron chi connectivity index (χ3n) is 8.60. The zero-order valence-corrected chi connectivity index (χ0v) is 29.4. The number of rotatable bonds is 14. The van der Waals surface area contributed by atoms with E-state index in [0.29, 0.717) is 21.4 Å². The molecule has 1 saturated carbocycles. The Morgan fingerprint density at radius 2 is 1.87 bits per heavy atom. The molecule has 284 valence electrons. The number of alkyl halides is 6. The Kier molecular flexibility index (Phi) is 11.4. The lowest BCUT2D eigenvalue weighted by molar-refractivity contribution is -0.135. The molecule has 1 aliphatic heterocycles. The number of aromatic nitrogens is 2. The number of anilines is 1. The van der Waals surface area contributed by atoms with E-state index in [9.17, 15) is 35.9 Å². The number of alkyl carbamates (subject to hydrolysis) is 1. The van der Waals surface area contributed by atoms with E-state index < -0.39 is 67.1 Å². The van der Waals surface area contributed by atoms with Gasteiger partial charge in [-0.2, -0.15) is 27.8 Å². The average Bonchev–Trinajstić information content (AvgIpc) is 3.58. The van der Waals surface area contributed by atoms with E-state index in [2.05, 4.69) is 32.2 Å². The molecule has 2 amide bonds. The van der Waals surface area contributed by atoms with Crippen molar-refractivity contribution in [1.82, 2.24) is 20.0 Å². The molecular formula is C34H36ClF6N9O3. The largest absolute Gasteiger partial charge is 0.447 e. The van der Waals surface area contributed by atoms with Crippen molar-refractivity contribution in [2.24, 2.45) is 32.2 Å². The van der Waals surface area contributed by atoms with Crippen LogP contribution >= 0.6 is 11.6 Å². The fourth-order valence-electron chi connectivity index (χ4n) is 6.16. The Labute approximate surface area is 305 Å². The van der Waals surface area contributed by atoms with Crippen molar-refractivity contribution in [1.29, 1.82) is 0 Å². The fraction of sp³-hybridized carbons (Fsp3) is 0.412. The van der Waals surface area contributed by atoms with Crippen LogP contribution in [-0.4, -0.2) is 71.3 Å². The second kappa shape index (κ2) is 15.5. The number of carbonyl (C=O) groups is 2. The van der Waals surface area contributed by atoms with Crippen molar-refractivity contribution in [3.05, 3.63) is 71.0 Å². The summed E-state index contributed by atoms with van der Waals surface area (Å²) in [6.45, 7) is 2.17. The van der Waals surface area contributed by atoms with Crippen molar-refractivity contribution in [2.75, 3.05) is 11.6 Å². The van der Waals surface area contributed by atoms with Crippen LogP contribution in [0.3, 0.4) is 0 Å². The van der Waals surface area contributed by atoms with Crippen molar-refractivity contribution >= 4 is 48.3 Å². The summed E-state index contributed by atoms with van der Waals surface area (Å²) in [5.74, 6) is -1.99. The molecule has 0 bridgehead atoms. The van der Waals surface area contributed by atoms with Crippen LogP contribution in [0.2, 0.25) is 5.02 Å². The van der Waals surface area contributed by atoms with Gasteiger partial charge in [0.15, 0.2) is 11.5 Å². The molecule has 2 aliphatic rings. The predicted molar refractivity (Wildman–Crippen MR) is 186 cm³/mol. The van der Waals surface area contributed by atoms with Gasteiger partial charge < -0.3 is 15.8 Å². The third kappa shape index (κ3) is 8.58. The molecule has 2 aromatic carbocycles. The van der Waals surface area contributed by atoms with Gasteiger partial charge in [0, 0.05) is 23.7 Å². The second-order valence-electron chi connectivity index (χ2n) is 13.7. The zero-order valence-electron chi connectivity index (χ0n) is 28.6. The predicted octanol–water partition coefficient (Wildman–Crippen LogP) is 7.18. The molecule has 3 aromatic rings. The summed E-state index contributed by atoms with van der Waals surface area (Å²) >= 11 is 6.32. The quantitative estimate of drug-likeness (QED) is 0.0585. The normalized spacial score (nSPS) is 20.7. The van der Waals surface area contributed by atoms with E-state index in [4.69, 9.17) is 22.1 Å². The minimum Gasteiger partial charge on any atom is -0.447 e. The van der Waals surface area contributed by atoms with Gasteiger partial charge in [0.2, 0.25) is 6.43 Å². The molecule has 1 fully saturated rings. The molecule has 0 saturated heterocycles. The molecule has 5 rings (SSSR count). The lowest BCUT2D eigenvalue weighted by atomic mass is 9.75. The number of ether oxygens (including phenoxy) is 1. The number of nitrogens with zero attached hydrogens (tertiary/aromatic N) is 7. The third-order valence-corrected chi connectivity index (χ3v) is 8.92. The molecule has 1 aromatic heterocycles. The summed E-state index contributed by atoms with van der Waals surface area (Å²) in [7, 11) is 0. The Morgan fingerprint density at radius 1 is 1.17 bits per heavy atom. The fourth-order valence-corrected chi connectivity index (χ4v) is 6.36. The van der Waals surface area contributed by atoms with Gasteiger partial charge in [-0.3, -0.25) is 14.7 Å². The van der Waals surface area contributed by atoms with Gasteiger partial charge >= 0.3 is 19.2 Å². The molecule has 3 N–H and O–H groups in total. The topological polar surface area (TPSA) is 143 Å². The monoisotopic (exact) mass is 767 g/mol. The number of hydrazone groups is 1. The Hall–Kier alpha value is -5.13. The minimum absolute atomic E-state index is 0.0488. The number of carbonyl (C=O) groups excluding carboxylic acids is 2. The van der Waals surface area contributed by atoms with Crippen molar-refractivity contribution in [3.63, 3.8) is 0 Å². The number of benzene rings is 2. The zero-order chi connectivity index (χ0) is 38.8. The standard InChI is InChI=1S/C34H36ClF6N9O3/c1-33(2,3)16-34(21-8-5-18(6-9-21)20-13-44-48(14-20)29(38)39)28(51)49(31(42)47-34)26(15-53-32(52)46-24-12-22(24)27(36)37)19-7-10-23(35)25(11-19)50(30(40)41)45-17-43-4/h5-11,13-14,17,22,24,26-27,29-30H,4,12,15-16H2,1-3H3,(H2,42,47)(H,46,52)/b45-17-/t22?,24-,26+,34+/m0/s1. The van der Waals surface area contributed by atoms with Crippen LogP contribution in [0.5, 0.6) is 0 Å². The van der Waals surface area contributed by atoms with Crippen molar-refractivity contribution in [2.45, 2.75) is 70.8 Å². The second-order valence-corrected chi connectivity index (χ2v) is 14.1. The Bertz CT molecular complexity index is 1890. The highest BCUT2D eigenvalue weighted by molar-refractivity contribution is 6.33. The Balaban J connectivity index is 1.55. The van der Waals surface area contributed by atoms with Crippen LogP contribution in [0.1, 0.15) is 57.3 Å². The smallest absolute Gasteiger partial charge is 0.407 e. The van der Waals surface area contributed by atoms with Crippen molar-refractivity contribution < 1.29 is 40.7 Å². The van der Waals surface area contributed by atoms with Crippen LogP contribution in [0.25, 0.3) is 11.1 Å². The summed E-state index contributed by atoms with van der Waals surface area (Å²) in [6, 6.07) is 8.22. The molecule has 1 unspecified atom stereocenters. The highest BCUT2D eigenvalue weighted by Gasteiger charge is 2.53. The molecule has 53 heavy (non-hydrogen) atoms. The molecule has 1 aliphatic carbocycles. The summed E-state index contributed by atoms with van der Waals surface area (Å²) in [4.78, 5) is 36.8. The lowest BCUT2D eigenvalue weighted by Crippen LogP contribution is -2.47. The molecule has 2 heterocycles. The average molecular weight is 768 g/mol. The van der Waals surface area contributed by atoms with Gasteiger partial charge in [0.1, 0.15) is 12.9 Å². The molecule has 12 nitrogen and oxygen atoms in total. The van der Waals surface area contributed by atoms with E-state index in [-0.39, 0.29) is 40.1 Å². The van der Waals surface area contributed by atoms with E-state index >= 15 is 0 Å². The molecule has 4 atom stereocenters. The Morgan fingerprint density at radius 3 is 2.43 bits per heavy atom. The van der Waals surface area contributed by atoms with Gasteiger partial charge in [0.05, 0.1) is 22.9 Å². The van der Waals surface area contributed by atoms with E-state index in [1.165, 1.54) is 30.6 Å². The minimum atomic E-state index is -3.20. The molecule has 0 spiro atoms. The lowest BCUT2D eigenvalue weighted by Gasteiger charge is -2.35. The first-order valence-electron chi connectivity index (χ1n) is 16.1. The molecule has 19 heteroatoms. The number of guanidine groups is 1. The number of nitrogens with one attached hydrogen (secondary N) is 1. The first-order valence-corrected chi connectivity index (χ1v) is 16.5. The van der Waals surface area contributed by atoms with Crippen LogP contribution in [0.15, 0.2) is 69.9 Å². The highest BCUT2D eigenvalue weighted by Crippen LogP contribution is 2.46. The summed E-state index contributed by atoms with van der Waals surface area (Å²) in [6.07, 6.45) is -0.314. The van der Waals surface area contributed by atoms with E-state index in [0.717, 1.165) is 11.2 Å². The van der Waals surface area contributed by atoms with Crippen LogP contribution in [0, 0.1) is 11.3 Å². The van der Waals surface area contributed by atoms with Gasteiger partial charge in [-0.25, -0.2) is 28.3 Å². The maximum absolute atomic E-state index is 14.8. The SMILES string of the molecule is C=N/C=N\N(c1cc([C@@H](COC(=O)N[C@H]2CC2C(F)F)N2C(=O)[C@@](CC(C)(C)C)(c3ccc(-c4cnn(C(F)F)c4)cc3)N=C2N)ccc1Cl)C(F)F. The maximum atomic E-state index is 14.8. The van der Waals surface area contributed by atoms with Crippen LogP contribution < -0.4 is 16.1 Å². The van der Waals surface area contributed by atoms with Crippen LogP contribution in [0.4, 0.5) is 36.8 Å². The number of hydrogen-bond donors (Lipinski definition) is 2. The van der Waals surface area contributed by atoms with Gasteiger partial charge in [0.25, 0.3) is 5.91 Å². The van der Waals surface area contributed by atoms with Crippen molar-refractivity contribution in [3.8, 4) is 11.1 Å². The maximum Gasteiger partial charge on any atom is 0.407 e. The number of nitrogens with two attached hydrogens (primary N) is 1. The molecule has 0 radical (unpaired) electrons. The van der Waals surface area contributed by atoms with Gasteiger partial charge in [-0.15, -0.1) is 0 Å². The van der Waals surface area contributed by atoms with Gasteiger partial charge in [-0.05, 0) is 53.8 Å².